The Balaban J connectivity index is 1.92. The molecular weight excluding hydrogens is 255 g/mol. The third kappa shape index (κ3) is 2.52. The number of hydrogen-bond acceptors (Lipinski definition) is 2. The van der Waals surface area contributed by atoms with Crippen molar-refractivity contribution in [3.63, 3.8) is 0 Å². The predicted octanol–water partition coefficient (Wildman–Crippen LogP) is 3.81. The standard InChI is InChI=1S/C17H11FO2/c18-15-8-6-12(7-9-15)10-14-11-16(20-17(14)19)13-4-2-1-3-5-13/h1-11H/b14-10-. The molecule has 1 aliphatic rings. The lowest BCUT2D eigenvalue weighted by molar-refractivity contribution is -0.130. The Morgan fingerprint density at radius 1 is 0.950 bits per heavy atom. The third-order valence-electron chi connectivity index (χ3n) is 2.98. The summed E-state index contributed by atoms with van der Waals surface area (Å²) in [6.45, 7) is 0. The van der Waals surface area contributed by atoms with Gasteiger partial charge in [0, 0.05) is 5.56 Å². The minimum Gasteiger partial charge on any atom is -0.422 e. The van der Waals surface area contributed by atoms with E-state index in [9.17, 15) is 9.18 Å². The molecule has 0 radical (unpaired) electrons. The Morgan fingerprint density at radius 2 is 1.65 bits per heavy atom. The highest BCUT2D eigenvalue weighted by Gasteiger charge is 2.21. The lowest BCUT2D eigenvalue weighted by atomic mass is 10.1. The molecule has 1 aliphatic heterocycles. The summed E-state index contributed by atoms with van der Waals surface area (Å²) in [6.07, 6.45) is 3.37. The maximum Gasteiger partial charge on any atom is 0.343 e. The first-order chi connectivity index (χ1) is 9.72. The van der Waals surface area contributed by atoms with Gasteiger partial charge in [0.25, 0.3) is 0 Å². The number of carbonyl (C=O) groups is 1. The van der Waals surface area contributed by atoms with E-state index in [1.165, 1.54) is 12.1 Å². The van der Waals surface area contributed by atoms with Crippen molar-refractivity contribution in [1.29, 1.82) is 0 Å². The van der Waals surface area contributed by atoms with E-state index in [1.54, 1.807) is 24.3 Å². The average Bonchev–Trinajstić information content (AvgIpc) is 2.84. The monoisotopic (exact) mass is 266 g/mol. The van der Waals surface area contributed by atoms with E-state index in [1.807, 2.05) is 30.3 Å². The van der Waals surface area contributed by atoms with Crippen LogP contribution < -0.4 is 0 Å². The van der Waals surface area contributed by atoms with Gasteiger partial charge in [-0.25, -0.2) is 9.18 Å². The fraction of sp³-hybridized carbons (Fsp3) is 0. The van der Waals surface area contributed by atoms with Crippen molar-refractivity contribution >= 4 is 17.8 Å². The van der Waals surface area contributed by atoms with Gasteiger partial charge in [0.05, 0.1) is 5.57 Å². The van der Waals surface area contributed by atoms with Crippen LogP contribution in [0.5, 0.6) is 0 Å². The number of ether oxygens (including phenoxy) is 1. The fourth-order valence-electron chi connectivity index (χ4n) is 1.97. The van der Waals surface area contributed by atoms with Crippen LogP contribution in [0.4, 0.5) is 4.39 Å². The van der Waals surface area contributed by atoms with Gasteiger partial charge in [0.1, 0.15) is 11.6 Å². The maximum atomic E-state index is 12.8. The topological polar surface area (TPSA) is 26.3 Å². The van der Waals surface area contributed by atoms with Crippen molar-refractivity contribution in [1.82, 2.24) is 0 Å². The van der Waals surface area contributed by atoms with Crippen LogP contribution in [0.1, 0.15) is 11.1 Å². The van der Waals surface area contributed by atoms with E-state index in [0.29, 0.717) is 11.3 Å². The number of rotatable bonds is 2. The van der Waals surface area contributed by atoms with Crippen LogP contribution in [-0.4, -0.2) is 5.97 Å². The second-order valence-corrected chi connectivity index (χ2v) is 4.42. The van der Waals surface area contributed by atoms with E-state index >= 15 is 0 Å². The SMILES string of the molecule is O=C1OC(c2ccccc2)=C/C1=C/c1ccc(F)cc1. The number of benzene rings is 2. The third-order valence-corrected chi connectivity index (χ3v) is 2.98. The molecule has 0 bridgehead atoms. The maximum absolute atomic E-state index is 12.8. The Labute approximate surface area is 115 Å². The molecular formula is C17H11FO2. The van der Waals surface area contributed by atoms with Gasteiger partial charge in [-0.15, -0.1) is 0 Å². The van der Waals surface area contributed by atoms with Gasteiger partial charge in [-0.05, 0) is 29.8 Å². The smallest absolute Gasteiger partial charge is 0.343 e. The summed E-state index contributed by atoms with van der Waals surface area (Å²) in [5.74, 6) is -0.168. The molecule has 1 heterocycles. The van der Waals surface area contributed by atoms with Gasteiger partial charge in [0.15, 0.2) is 0 Å². The number of halogens is 1. The van der Waals surface area contributed by atoms with Crippen molar-refractivity contribution in [2.75, 3.05) is 0 Å². The Hall–Kier alpha value is -2.68. The summed E-state index contributed by atoms with van der Waals surface area (Å²) in [5.41, 5.74) is 2.06. The zero-order valence-corrected chi connectivity index (χ0v) is 10.5. The minimum absolute atomic E-state index is 0.304. The van der Waals surface area contributed by atoms with E-state index < -0.39 is 5.97 Å². The Morgan fingerprint density at radius 3 is 2.35 bits per heavy atom. The molecule has 3 heteroatoms. The normalized spacial score (nSPS) is 16.1. The van der Waals surface area contributed by atoms with Crippen molar-refractivity contribution in [2.45, 2.75) is 0 Å². The molecule has 0 aromatic heterocycles. The minimum atomic E-state index is -0.395. The predicted molar refractivity (Wildman–Crippen MR) is 74.9 cm³/mol. The molecule has 20 heavy (non-hydrogen) atoms. The number of hydrogen-bond donors (Lipinski definition) is 0. The van der Waals surface area contributed by atoms with E-state index in [0.717, 1.165) is 11.1 Å². The second-order valence-electron chi connectivity index (χ2n) is 4.42. The average molecular weight is 266 g/mol. The van der Waals surface area contributed by atoms with Crippen LogP contribution in [0.15, 0.2) is 66.2 Å². The van der Waals surface area contributed by atoms with Crippen molar-refractivity contribution < 1.29 is 13.9 Å². The molecule has 0 unspecified atom stereocenters. The first-order valence-electron chi connectivity index (χ1n) is 6.19. The first-order valence-corrected chi connectivity index (χ1v) is 6.19. The van der Waals surface area contributed by atoms with Crippen LogP contribution >= 0.6 is 0 Å². The summed E-state index contributed by atoms with van der Waals surface area (Å²) in [4.78, 5) is 11.8. The molecule has 0 spiro atoms. The molecule has 0 aliphatic carbocycles. The fourth-order valence-corrected chi connectivity index (χ4v) is 1.97. The van der Waals surface area contributed by atoms with Crippen LogP contribution in [0.25, 0.3) is 11.8 Å². The van der Waals surface area contributed by atoms with E-state index in [2.05, 4.69) is 0 Å². The Kier molecular flexibility index (Phi) is 3.17. The van der Waals surface area contributed by atoms with Gasteiger partial charge < -0.3 is 4.74 Å². The zero-order valence-electron chi connectivity index (χ0n) is 10.5. The summed E-state index contributed by atoms with van der Waals surface area (Å²) < 4.78 is 18.1. The molecule has 0 saturated heterocycles. The summed E-state index contributed by atoms with van der Waals surface area (Å²) >= 11 is 0. The van der Waals surface area contributed by atoms with Crippen LogP contribution in [0.3, 0.4) is 0 Å². The van der Waals surface area contributed by atoms with Gasteiger partial charge in [-0.3, -0.25) is 0 Å². The lowest BCUT2D eigenvalue weighted by Crippen LogP contribution is -1.97. The van der Waals surface area contributed by atoms with Crippen LogP contribution in [0.2, 0.25) is 0 Å². The molecule has 0 fully saturated rings. The number of esters is 1. The van der Waals surface area contributed by atoms with Crippen LogP contribution in [0, 0.1) is 5.82 Å². The largest absolute Gasteiger partial charge is 0.422 e. The van der Waals surface area contributed by atoms with E-state index in [4.69, 9.17) is 4.74 Å². The van der Waals surface area contributed by atoms with Gasteiger partial charge in [0.2, 0.25) is 0 Å². The molecule has 0 saturated carbocycles. The summed E-state index contributed by atoms with van der Waals surface area (Å²) in [6, 6.07) is 15.4. The molecule has 2 aromatic rings. The first kappa shape index (κ1) is 12.4. The quantitative estimate of drug-likeness (QED) is 0.610. The lowest BCUT2D eigenvalue weighted by Gasteiger charge is -1.99. The molecule has 98 valence electrons. The molecule has 3 rings (SSSR count). The number of carbonyl (C=O) groups excluding carboxylic acids is 1. The van der Waals surface area contributed by atoms with Crippen LogP contribution in [-0.2, 0) is 9.53 Å². The highest BCUT2D eigenvalue weighted by Crippen LogP contribution is 2.27. The molecule has 2 nitrogen and oxygen atoms in total. The Bertz CT molecular complexity index is 698. The van der Waals surface area contributed by atoms with Gasteiger partial charge >= 0.3 is 5.97 Å². The van der Waals surface area contributed by atoms with Gasteiger partial charge in [-0.2, -0.15) is 0 Å². The molecule has 2 aromatic carbocycles. The van der Waals surface area contributed by atoms with Gasteiger partial charge in [-0.1, -0.05) is 42.5 Å². The molecule has 0 N–H and O–H groups in total. The molecule has 0 atom stereocenters. The number of cyclic esters (lactones) is 1. The highest BCUT2D eigenvalue weighted by molar-refractivity contribution is 6.05. The highest BCUT2D eigenvalue weighted by atomic mass is 19.1. The van der Waals surface area contributed by atoms with Crippen molar-refractivity contribution in [2.24, 2.45) is 0 Å². The summed E-state index contributed by atoms with van der Waals surface area (Å²) in [7, 11) is 0. The zero-order chi connectivity index (χ0) is 13.9. The van der Waals surface area contributed by atoms with Crippen molar-refractivity contribution in [3.05, 3.63) is 83.2 Å². The van der Waals surface area contributed by atoms with Crippen molar-refractivity contribution in [3.8, 4) is 0 Å². The summed E-state index contributed by atoms with van der Waals surface area (Å²) in [5, 5.41) is 0. The van der Waals surface area contributed by atoms with E-state index in [-0.39, 0.29) is 5.82 Å². The molecule has 0 amide bonds. The second kappa shape index (κ2) is 5.13.